The van der Waals surface area contributed by atoms with Crippen molar-refractivity contribution in [2.75, 3.05) is 19.6 Å². The summed E-state index contributed by atoms with van der Waals surface area (Å²) in [6.07, 6.45) is 7.20. The number of benzene rings is 1. The lowest BCUT2D eigenvalue weighted by molar-refractivity contribution is 0.146. The molecule has 2 nitrogen and oxygen atoms in total. The Morgan fingerprint density at radius 1 is 1.11 bits per heavy atom. The van der Waals surface area contributed by atoms with Gasteiger partial charge in [-0.2, -0.15) is 0 Å². The molecule has 1 saturated heterocycles. The van der Waals surface area contributed by atoms with Crippen molar-refractivity contribution in [2.45, 2.75) is 50.5 Å². The van der Waals surface area contributed by atoms with Crippen LogP contribution in [-0.4, -0.2) is 35.7 Å². The van der Waals surface area contributed by atoms with E-state index in [9.17, 15) is 5.11 Å². The monoisotopic (exact) mass is 259 g/mol. The van der Waals surface area contributed by atoms with Gasteiger partial charge in [-0.1, -0.05) is 30.7 Å². The molecule has 1 aliphatic heterocycles. The number of fused-ring (bicyclic) bond motifs is 1. The lowest BCUT2D eigenvalue weighted by Crippen LogP contribution is -2.31. The van der Waals surface area contributed by atoms with Gasteiger partial charge in [0.25, 0.3) is 0 Å². The molecule has 1 fully saturated rings. The highest BCUT2D eigenvalue weighted by atomic mass is 16.3. The highest BCUT2D eigenvalue weighted by molar-refractivity contribution is 5.36. The topological polar surface area (TPSA) is 23.5 Å². The van der Waals surface area contributed by atoms with Crippen LogP contribution in [0.3, 0.4) is 0 Å². The van der Waals surface area contributed by atoms with Crippen LogP contribution in [0.2, 0.25) is 0 Å². The second kappa shape index (κ2) is 6.06. The van der Waals surface area contributed by atoms with E-state index in [0.29, 0.717) is 5.92 Å². The molecule has 0 saturated carbocycles. The molecule has 0 unspecified atom stereocenters. The third kappa shape index (κ3) is 3.01. The van der Waals surface area contributed by atoms with Crippen molar-refractivity contribution in [3.63, 3.8) is 0 Å². The number of rotatable bonds is 4. The zero-order valence-corrected chi connectivity index (χ0v) is 11.7. The van der Waals surface area contributed by atoms with Crippen LogP contribution in [0, 0.1) is 0 Å². The van der Waals surface area contributed by atoms with Crippen molar-refractivity contribution in [2.24, 2.45) is 0 Å². The van der Waals surface area contributed by atoms with Crippen LogP contribution in [0.4, 0.5) is 0 Å². The summed E-state index contributed by atoms with van der Waals surface area (Å²) in [4.78, 5) is 2.59. The number of aliphatic hydroxyl groups is 1. The van der Waals surface area contributed by atoms with Crippen LogP contribution >= 0.6 is 0 Å². The van der Waals surface area contributed by atoms with Gasteiger partial charge in [0.05, 0.1) is 6.10 Å². The molecule has 2 atom stereocenters. The molecule has 2 aliphatic rings. The maximum Gasteiger partial charge on any atom is 0.0649 e. The van der Waals surface area contributed by atoms with Gasteiger partial charge in [0, 0.05) is 5.92 Å². The average Bonchev–Trinajstić information content (AvgIpc) is 2.76. The molecule has 2 heteroatoms. The maximum atomic E-state index is 10.2. The zero-order chi connectivity index (χ0) is 13.1. The molecule has 104 valence electrons. The van der Waals surface area contributed by atoms with Gasteiger partial charge >= 0.3 is 0 Å². The molecule has 19 heavy (non-hydrogen) atoms. The van der Waals surface area contributed by atoms with E-state index in [1.165, 1.54) is 56.4 Å². The maximum absolute atomic E-state index is 10.2. The van der Waals surface area contributed by atoms with Gasteiger partial charge < -0.3 is 10.0 Å². The smallest absolute Gasteiger partial charge is 0.0649 e. The molecule has 0 aromatic heterocycles. The van der Waals surface area contributed by atoms with Crippen LogP contribution in [0.5, 0.6) is 0 Å². The highest BCUT2D eigenvalue weighted by Gasteiger charge is 2.30. The van der Waals surface area contributed by atoms with Gasteiger partial charge in [-0.25, -0.2) is 0 Å². The van der Waals surface area contributed by atoms with Crippen molar-refractivity contribution < 1.29 is 5.11 Å². The van der Waals surface area contributed by atoms with E-state index >= 15 is 0 Å². The highest BCUT2D eigenvalue weighted by Crippen LogP contribution is 2.36. The van der Waals surface area contributed by atoms with E-state index in [1.807, 2.05) is 0 Å². The fourth-order valence-corrected chi connectivity index (χ4v) is 3.72. The molecule has 3 rings (SSSR count). The number of aliphatic hydroxyl groups excluding tert-OH is 1. The Bertz CT molecular complexity index is 411. The second-order valence-corrected chi connectivity index (χ2v) is 6.12. The summed E-state index contributed by atoms with van der Waals surface area (Å²) in [6, 6.07) is 8.57. The van der Waals surface area contributed by atoms with E-state index in [4.69, 9.17) is 0 Å². The van der Waals surface area contributed by atoms with Gasteiger partial charge in [0.2, 0.25) is 0 Å². The largest absolute Gasteiger partial charge is 0.392 e. The minimum absolute atomic E-state index is 0.154. The first-order valence-electron chi connectivity index (χ1n) is 7.83. The Labute approximate surface area is 116 Å². The third-order valence-corrected chi connectivity index (χ3v) is 4.79. The number of hydrogen-bond acceptors (Lipinski definition) is 2. The molecule has 1 N–H and O–H groups in total. The molecular formula is C17H25NO. The van der Waals surface area contributed by atoms with Gasteiger partial charge in [-0.3, -0.25) is 0 Å². The summed E-state index contributed by atoms with van der Waals surface area (Å²) in [6.45, 7) is 3.78. The third-order valence-electron chi connectivity index (χ3n) is 4.79. The SMILES string of the molecule is O[C@@H]1Cc2ccccc2[C@H]1CCCN1CCCCC1. The molecule has 1 aromatic carbocycles. The van der Waals surface area contributed by atoms with Gasteiger partial charge in [-0.15, -0.1) is 0 Å². The zero-order valence-electron chi connectivity index (χ0n) is 11.7. The van der Waals surface area contributed by atoms with E-state index in [-0.39, 0.29) is 6.10 Å². The standard InChI is InChI=1S/C17H25NO/c19-17-13-14-7-2-3-8-15(14)16(17)9-6-12-18-10-4-1-5-11-18/h2-3,7-8,16-17,19H,1,4-6,9-13H2/t16-,17-/m1/s1. The quantitative estimate of drug-likeness (QED) is 0.898. The fourth-order valence-electron chi connectivity index (χ4n) is 3.72. The van der Waals surface area contributed by atoms with Crippen LogP contribution < -0.4 is 0 Å². The van der Waals surface area contributed by atoms with E-state index in [1.54, 1.807) is 0 Å². The van der Waals surface area contributed by atoms with E-state index in [2.05, 4.69) is 29.2 Å². The minimum atomic E-state index is -0.154. The predicted octanol–water partition coefficient (Wildman–Crippen LogP) is 2.95. The lowest BCUT2D eigenvalue weighted by atomic mass is 9.94. The van der Waals surface area contributed by atoms with Crippen LogP contribution in [0.25, 0.3) is 0 Å². The fraction of sp³-hybridized carbons (Fsp3) is 0.647. The van der Waals surface area contributed by atoms with E-state index < -0.39 is 0 Å². The molecule has 1 aliphatic carbocycles. The molecule has 0 radical (unpaired) electrons. The van der Waals surface area contributed by atoms with Gasteiger partial charge in [-0.05, 0) is 62.9 Å². The normalized spacial score (nSPS) is 27.4. The molecule has 0 amide bonds. The van der Waals surface area contributed by atoms with Crippen LogP contribution in [-0.2, 0) is 6.42 Å². The molecule has 0 bridgehead atoms. The van der Waals surface area contributed by atoms with Gasteiger partial charge in [0.15, 0.2) is 0 Å². The average molecular weight is 259 g/mol. The van der Waals surface area contributed by atoms with Crippen molar-refractivity contribution >= 4 is 0 Å². The van der Waals surface area contributed by atoms with Crippen molar-refractivity contribution in [3.8, 4) is 0 Å². The summed E-state index contributed by atoms with van der Waals surface area (Å²) in [5.41, 5.74) is 2.76. The first kappa shape index (κ1) is 13.1. The Kier molecular flexibility index (Phi) is 4.19. The Morgan fingerprint density at radius 2 is 1.89 bits per heavy atom. The summed E-state index contributed by atoms with van der Waals surface area (Å²) in [7, 11) is 0. The van der Waals surface area contributed by atoms with E-state index in [0.717, 1.165) is 12.8 Å². The first-order chi connectivity index (χ1) is 9.34. The lowest BCUT2D eigenvalue weighted by Gasteiger charge is -2.27. The molecule has 1 aromatic rings. The predicted molar refractivity (Wildman–Crippen MR) is 78.4 cm³/mol. The number of likely N-dealkylation sites (tertiary alicyclic amines) is 1. The van der Waals surface area contributed by atoms with Crippen molar-refractivity contribution in [1.82, 2.24) is 4.90 Å². The number of nitrogens with zero attached hydrogens (tertiary/aromatic N) is 1. The van der Waals surface area contributed by atoms with Crippen LogP contribution in [0.15, 0.2) is 24.3 Å². The van der Waals surface area contributed by atoms with Gasteiger partial charge in [0.1, 0.15) is 0 Å². The first-order valence-corrected chi connectivity index (χ1v) is 7.83. The number of piperidine rings is 1. The summed E-state index contributed by atoms with van der Waals surface area (Å²) in [5, 5.41) is 10.2. The minimum Gasteiger partial charge on any atom is -0.392 e. The molecular weight excluding hydrogens is 234 g/mol. The van der Waals surface area contributed by atoms with Crippen LogP contribution in [0.1, 0.15) is 49.1 Å². The van der Waals surface area contributed by atoms with Crippen molar-refractivity contribution in [1.29, 1.82) is 0 Å². The summed E-state index contributed by atoms with van der Waals surface area (Å²) < 4.78 is 0. The second-order valence-electron chi connectivity index (χ2n) is 6.12. The Morgan fingerprint density at radius 3 is 2.74 bits per heavy atom. The van der Waals surface area contributed by atoms with Crippen molar-refractivity contribution in [3.05, 3.63) is 35.4 Å². The Balaban J connectivity index is 1.52. The number of hydrogen-bond donors (Lipinski definition) is 1. The molecule has 0 spiro atoms. The molecule has 1 heterocycles. The summed E-state index contributed by atoms with van der Waals surface area (Å²) in [5.74, 6) is 0.376. The Hall–Kier alpha value is -0.860. The summed E-state index contributed by atoms with van der Waals surface area (Å²) >= 11 is 0.